The monoisotopic (exact) mass is 433 g/mol. The zero-order chi connectivity index (χ0) is 20.9. The van der Waals surface area contributed by atoms with Gasteiger partial charge in [-0.2, -0.15) is 0 Å². The fraction of sp³-hybridized carbons (Fsp3) is 0.565. The molecule has 0 bridgehead atoms. The second-order valence-corrected chi connectivity index (χ2v) is 8.87. The molecular formula is C23H31NO5S. The number of β-amino-alcohol motifs (C(OH)–C–C–N with tert-alkyl or cyclic N) is 1. The van der Waals surface area contributed by atoms with E-state index in [2.05, 4.69) is 34.5 Å². The number of nitrogens with zero attached hydrogens (tertiary/aromatic N) is 1. The first kappa shape index (κ1) is 21.6. The average Bonchev–Trinajstić information content (AvgIpc) is 3.47. The summed E-state index contributed by atoms with van der Waals surface area (Å²) in [6.07, 6.45) is 2.68. The average molecular weight is 434 g/mol. The zero-order valence-electron chi connectivity index (χ0n) is 17.7. The highest BCUT2D eigenvalue weighted by atomic mass is 32.1. The topological polar surface area (TPSA) is 60.4 Å². The molecule has 0 spiro atoms. The Morgan fingerprint density at radius 2 is 2.10 bits per heavy atom. The van der Waals surface area contributed by atoms with E-state index in [1.807, 2.05) is 0 Å². The third-order valence-electron chi connectivity index (χ3n) is 5.87. The highest BCUT2D eigenvalue weighted by Gasteiger charge is 2.32. The van der Waals surface area contributed by atoms with E-state index in [9.17, 15) is 5.11 Å². The maximum absolute atomic E-state index is 10.7. The molecule has 0 radical (unpaired) electrons. The van der Waals surface area contributed by atoms with E-state index in [1.165, 1.54) is 16.0 Å². The van der Waals surface area contributed by atoms with Gasteiger partial charge in [0.1, 0.15) is 0 Å². The number of aliphatic hydroxyl groups excluding tert-OH is 1. The highest BCUT2D eigenvalue weighted by molar-refractivity contribution is 7.10. The van der Waals surface area contributed by atoms with Crippen molar-refractivity contribution in [1.82, 2.24) is 4.90 Å². The van der Waals surface area contributed by atoms with Crippen molar-refractivity contribution in [3.05, 3.63) is 45.6 Å². The van der Waals surface area contributed by atoms with Crippen LogP contribution in [0.2, 0.25) is 0 Å². The summed E-state index contributed by atoms with van der Waals surface area (Å²) in [4.78, 5) is 3.61. The SMILES string of the molecule is COc1cc2c(cc1OC)[C@H](c1cccs1)N(C[C@H](O)COC[C@H]1CCCO1)CC2. The molecule has 0 aliphatic carbocycles. The molecule has 4 rings (SSSR count). The lowest BCUT2D eigenvalue weighted by molar-refractivity contribution is -0.0278. The Morgan fingerprint density at radius 3 is 2.80 bits per heavy atom. The van der Waals surface area contributed by atoms with Crippen LogP contribution in [0.25, 0.3) is 0 Å². The molecule has 2 aromatic rings. The molecule has 30 heavy (non-hydrogen) atoms. The molecule has 2 aliphatic rings. The molecule has 1 saturated heterocycles. The van der Waals surface area contributed by atoms with Gasteiger partial charge in [-0.1, -0.05) is 6.07 Å². The van der Waals surface area contributed by atoms with Crippen LogP contribution in [0.15, 0.2) is 29.6 Å². The van der Waals surface area contributed by atoms with Crippen molar-refractivity contribution in [2.45, 2.75) is 37.5 Å². The first-order valence-corrected chi connectivity index (χ1v) is 11.5. The van der Waals surface area contributed by atoms with Gasteiger partial charge in [0.15, 0.2) is 11.5 Å². The lowest BCUT2D eigenvalue weighted by Gasteiger charge is -2.38. The van der Waals surface area contributed by atoms with E-state index in [4.69, 9.17) is 18.9 Å². The smallest absolute Gasteiger partial charge is 0.161 e. The molecule has 1 N–H and O–H groups in total. The number of ether oxygens (including phenoxy) is 4. The van der Waals surface area contributed by atoms with E-state index in [0.29, 0.717) is 19.8 Å². The van der Waals surface area contributed by atoms with Gasteiger partial charge < -0.3 is 24.1 Å². The molecule has 1 fully saturated rings. The summed E-state index contributed by atoms with van der Waals surface area (Å²) in [6.45, 7) is 3.13. The second-order valence-electron chi connectivity index (χ2n) is 7.90. The quantitative estimate of drug-likeness (QED) is 0.655. The number of hydrogen-bond acceptors (Lipinski definition) is 7. The summed E-state index contributed by atoms with van der Waals surface area (Å²) in [5, 5.41) is 12.8. The van der Waals surface area contributed by atoms with Crippen LogP contribution in [0.1, 0.15) is 34.9 Å². The Hall–Kier alpha value is -1.64. The number of thiophene rings is 1. The normalized spacial score (nSPS) is 22.6. The van der Waals surface area contributed by atoms with Crippen molar-refractivity contribution in [2.24, 2.45) is 0 Å². The number of rotatable bonds is 9. The van der Waals surface area contributed by atoms with Gasteiger partial charge in [0, 0.05) is 24.6 Å². The lowest BCUT2D eigenvalue weighted by Crippen LogP contribution is -2.42. The minimum absolute atomic E-state index is 0.0846. The van der Waals surface area contributed by atoms with Gasteiger partial charge in [0.25, 0.3) is 0 Å². The Labute approximate surface area is 182 Å². The van der Waals surface area contributed by atoms with Crippen LogP contribution in [0.3, 0.4) is 0 Å². The third kappa shape index (κ3) is 4.81. The summed E-state index contributed by atoms with van der Waals surface area (Å²) in [7, 11) is 3.34. The Morgan fingerprint density at radius 1 is 1.27 bits per heavy atom. The van der Waals surface area contributed by atoms with Gasteiger partial charge in [-0.25, -0.2) is 0 Å². The molecular weight excluding hydrogens is 402 g/mol. The number of aliphatic hydroxyl groups is 1. The Kier molecular flexibility index (Phi) is 7.28. The summed E-state index contributed by atoms with van der Waals surface area (Å²) >= 11 is 1.74. The Balaban J connectivity index is 1.49. The fourth-order valence-electron chi connectivity index (χ4n) is 4.41. The predicted molar refractivity (Wildman–Crippen MR) is 117 cm³/mol. The molecule has 6 nitrogen and oxygen atoms in total. The number of hydrogen-bond donors (Lipinski definition) is 1. The number of fused-ring (bicyclic) bond motifs is 1. The van der Waals surface area contributed by atoms with Gasteiger partial charge in [-0.05, 0) is 54.0 Å². The molecule has 0 unspecified atom stereocenters. The van der Waals surface area contributed by atoms with Crippen LogP contribution < -0.4 is 9.47 Å². The van der Waals surface area contributed by atoms with Crippen LogP contribution in [-0.4, -0.2) is 69.3 Å². The number of benzene rings is 1. The summed E-state index contributed by atoms with van der Waals surface area (Å²) in [6, 6.07) is 8.50. The molecule has 1 aromatic heterocycles. The molecule has 164 valence electrons. The van der Waals surface area contributed by atoms with Crippen LogP contribution in [0, 0.1) is 0 Å². The molecule has 7 heteroatoms. The first-order valence-electron chi connectivity index (χ1n) is 10.6. The van der Waals surface area contributed by atoms with Gasteiger partial charge in [-0.3, -0.25) is 4.90 Å². The summed E-state index contributed by atoms with van der Waals surface area (Å²) in [5.41, 5.74) is 2.49. The van der Waals surface area contributed by atoms with E-state index in [-0.39, 0.29) is 12.1 Å². The van der Waals surface area contributed by atoms with Crippen molar-refractivity contribution in [3.63, 3.8) is 0 Å². The molecule has 1 aromatic carbocycles. The molecule has 2 aliphatic heterocycles. The van der Waals surface area contributed by atoms with E-state index in [1.54, 1.807) is 25.6 Å². The van der Waals surface area contributed by atoms with Crippen LogP contribution >= 0.6 is 11.3 Å². The van der Waals surface area contributed by atoms with Crippen LogP contribution in [-0.2, 0) is 15.9 Å². The van der Waals surface area contributed by atoms with Crippen LogP contribution in [0.5, 0.6) is 11.5 Å². The van der Waals surface area contributed by atoms with Crippen molar-refractivity contribution in [3.8, 4) is 11.5 Å². The van der Waals surface area contributed by atoms with Crippen molar-refractivity contribution in [1.29, 1.82) is 0 Å². The first-order chi connectivity index (χ1) is 14.7. The van der Waals surface area contributed by atoms with Gasteiger partial charge in [0.05, 0.1) is 45.7 Å². The molecule has 3 heterocycles. The van der Waals surface area contributed by atoms with Gasteiger partial charge in [-0.15, -0.1) is 11.3 Å². The van der Waals surface area contributed by atoms with Gasteiger partial charge in [0.2, 0.25) is 0 Å². The maximum atomic E-state index is 10.7. The van der Waals surface area contributed by atoms with Crippen molar-refractivity contribution in [2.75, 3.05) is 47.1 Å². The predicted octanol–water partition coefficient (Wildman–Crippen LogP) is 3.27. The van der Waals surface area contributed by atoms with Crippen molar-refractivity contribution >= 4 is 11.3 Å². The Bertz CT molecular complexity index is 806. The largest absolute Gasteiger partial charge is 0.493 e. The lowest BCUT2D eigenvalue weighted by atomic mass is 9.90. The minimum atomic E-state index is -0.546. The third-order valence-corrected chi connectivity index (χ3v) is 6.79. The summed E-state index contributed by atoms with van der Waals surface area (Å²) < 4.78 is 22.4. The van der Waals surface area contributed by atoms with E-state index >= 15 is 0 Å². The molecule has 0 saturated carbocycles. The zero-order valence-corrected chi connectivity index (χ0v) is 18.5. The van der Waals surface area contributed by atoms with E-state index < -0.39 is 6.10 Å². The van der Waals surface area contributed by atoms with Crippen molar-refractivity contribution < 1.29 is 24.1 Å². The second kappa shape index (κ2) is 10.1. The molecule has 0 amide bonds. The van der Waals surface area contributed by atoms with Gasteiger partial charge >= 0.3 is 0 Å². The molecule has 3 atom stereocenters. The minimum Gasteiger partial charge on any atom is -0.493 e. The summed E-state index contributed by atoms with van der Waals surface area (Å²) in [5.74, 6) is 1.50. The van der Waals surface area contributed by atoms with E-state index in [0.717, 1.165) is 43.9 Å². The highest BCUT2D eigenvalue weighted by Crippen LogP contribution is 2.42. The number of methoxy groups -OCH3 is 2. The maximum Gasteiger partial charge on any atom is 0.161 e. The fourth-order valence-corrected chi connectivity index (χ4v) is 5.29. The standard InChI is InChI=1S/C23H31NO5S/c1-26-20-11-16-7-8-24(13-17(25)14-28-15-18-5-3-9-29-18)23(22-6-4-10-30-22)19(16)12-21(20)27-2/h4,6,10-12,17-18,23,25H,3,5,7-9,13-15H2,1-2H3/t17-,18+,23+/m0/s1. The van der Waals surface area contributed by atoms with Crippen LogP contribution in [0.4, 0.5) is 0 Å².